The highest BCUT2D eigenvalue weighted by Crippen LogP contribution is 2.31. The average Bonchev–Trinajstić information content (AvgIpc) is 3.19. The van der Waals surface area contributed by atoms with Crippen LogP contribution in [0.3, 0.4) is 0 Å². The number of nitrogens with one attached hydrogen (secondary N) is 2. The first kappa shape index (κ1) is 22.2. The molecule has 32 heavy (non-hydrogen) atoms. The van der Waals surface area contributed by atoms with Crippen molar-refractivity contribution in [1.82, 2.24) is 14.9 Å². The monoisotopic (exact) mass is 468 g/mol. The van der Waals surface area contributed by atoms with Crippen LogP contribution in [0.1, 0.15) is 5.82 Å². The molecule has 4 aromatic rings. The van der Waals surface area contributed by atoms with Gasteiger partial charge in [-0.1, -0.05) is 24.3 Å². The number of hydrogen-bond acceptors (Lipinski definition) is 6. The second-order valence-electron chi connectivity index (χ2n) is 7.27. The smallest absolute Gasteiger partial charge is 0.268 e. The maximum Gasteiger partial charge on any atom is 0.268 e. The fourth-order valence-electron chi connectivity index (χ4n) is 3.31. The molecule has 6 nitrogen and oxygen atoms in total. The summed E-state index contributed by atoms with van der Waals surface area (Å²) in [7, 11) is 1.79. The minimum absolute atomic E-state index is 0.147. The van der Waals surface area contributed by atoms with Crippen LogP contribution in [-0.4, -0.2) is 40.6 Å². The Bertz CT molecular complexity index is 1320. The first-order valence-electron chi connectivity index (χ1n) is 9.83. The predicted molar refractivity (Wildman–Crippen MR) is 129 cm³/mol. The molecule has 0 atom stereocenters. The molecule has 0 unspecified atom stereocenters. The van der Waals surface area contributed by atoms with Crippen LogP contribution in [0, 0.1) is 5.82 Å². The van der Waals surface area contributed by atoms with Crippen LogP contribution in [-0.2, 0) is 11.3 Å². The number of H-pyrrole nitrogens is 1. The summed E-state index contributed by atoms with van der Waals surface area (Å²) in [4.78, 5) is 36.0. The molecule has 2 aromatic heterocycles. The van der Waals surface area contributed by atoms with Crippen LogP contribution in [0.25, 0.3) is 20.7 Å². The molecule has 0 aliphatic carbocycles. The number of benzene rings is 2. The Balaban J connectivity index is 1.47. The van der Waals surface area contributed by atoms with Gasteiger partial charge in [0.15, 0.2) is 0 Å². The summed E-state index contributed by atoms with van der Waals surface area (Å²) < 4.78 is 13.7. The number of fused-ring (bicyclic) bond motifs is 1. The van der Waals surface area contributed by atoms with Crippen molar-refractivity contribution in [3.05, 3.63) is 76.6 Å². The lowest BCUT2D eigenvalue weighted by atomic mass is 10.2. The Hall–Kier alpha value is -3.01. The quantitative estimate of drug-likeness (QED) is 0.388. The predicted octanol–water partition coefficient (Wildman–Crippen LogP) is 4.58. The topological polar surface area (TPSA) is 78.1 Å². The van der Waals surface area contributed by atoms with Crippen molar-refractivity contribution >= 4 is 44.9 Å². The van der Waals surface area contributed by atoms with E-state index in [4.69, 9.17) is 0 Å². The van der Waals surface area contributed by atoms with Crippen LogP contribution < -0.4 is 10.9 Å². The molecule has 2 heterocycles. The average molecular weight is 469 g/mol. The lowest BCUT2D eigenvalue weighted by Crippen LogP contribution is -2.31. The molecule has 0 saturated carbocycles. The van der Waals surface area contributed by atoms with Crippen molar-refractivity contribution in [2.45, 2.75) is 11.4 Å². The number of rotatable bonds is 7. The van der Waals surface area contributed by atoms with Gasteiger partial charge in [-0.2, -0.15) is 0 Å². The van der Waals surface area contributed by atoms with Crippen LogP contribution in [0.2, 0.25) is 0 Å². The standard InChI is InChI=1S/C23H21FN4O2S2/c1-28(13-21(29)26-16-5-3-4-6-18(16)31-2)12-20-25-17-11-19(32-22(17)23(30)27-20)14-7-9-15(24)10-8-14/h3-11H,12-13H2,1-2H3,(H,26,29)(H,25,27,30). The van der Waals surface area contributed by atoms with Gasteiger partial charge >= 0.3 is 0 Å². The number of halogens is 1. The zero-order chi connectivity index (χ0) is 22.7. The Morgan fingerprint density at radius 2 is 1.97 bits per heavy atom. The van der Waals surface area contributed by atoms with Gasteiger partial charge in [0.1, 0.15) is 16.3 Å². The number of hydrogen-bond donors (Lipinski definition) is 2. The minimum atomic E-state index is -0.308. The number of nitrogens with zero attached hydrogens (tertiary/aromatic N) is 2. The lowest BCUT2D eigenvalue weighted by Gasteiger charge is -2.16. The molecule has 0 radical (unpaired) electrons. The number of likely N-dealkylation sites (N-methyl/N-ethyl adjacent to an activating group) is 1. The summed E-state index contributed by atoms with van der Waals surface area (Å²) in [5.74, 6) is 0.0226. The van der Waals surface area contributed by atoms with Crippen molar-refractivity contribution in [1.29, 1.82) is 0 Å². The van der Waals surface area contributed by atoms with Crippen LogP contribution >= 0.6 is 23.1 Å². The normalized spacial score (nSPS) is 11.2. The maximum atomic E-state index is 13.2. The highest BCUT2D eigenvalue weighted by Gasteiger charge is 2.14. The molecule has 4 rings (SSSR count). The van der Waals surface area contributed by atoms with Crippen LogP contribution in [0.15, 0.2) is 64.3 Å². The maximum absolute atomic E-state index is 13.2. The first-order chi connectivity index (χ1) is 15.4. The first-order valence-corrected chi connectivity index (χ1v) is 11.9. The third-order valence-electron chi connectivity index (χ3n) is 4.77. The third-order valence-corrected chi connectivity index (χ3v) is 6.74. The summed E-state index contributed by atoms with van der Waals surface area (Å²) in [5, 5.41) is 2.93. The number of anilines is 1. The zero-order valence-electron chi connectivity index (χ0n) is 17.5. The molecule has 0 bridgehead atoms. The van der Waals surface area contributed by atoms with Gasteiger partial charge in [0.2, 0.25) is 5.91 Å². The molecule has 0 spiro atoms. The van der Waals surface area contributed by atoms with Crippen LogP contribution in [0.5, 0.6) is 0 Å². The highest BCUT2D eigenvalue weighted by molar-refractivity contribution is 7.98. The fourth-order valence-corrected chi connectivity index (χ4v) is 4.86. The zero-order valence-corrected chi connectivity index (χ0v) is 19.1. The minimum Gasteiger partial charge on any atom is -0.324 e. The molecule has 2 aromatic carbocycles. The van der Waals surface area contributed by atoms with E-state index in [1.54, 1.807) is 35.8 Å². The SMILES string of the molecule is CSc1ccccc1NC(=O)CN(C)Cc1nc2cc(-c3ccc(F)cc3)sc2c(=O)[nH]1. The molecule has 1 amide bonds. The molecule has 9 heteroatoms. The van der Waals surface area contributed by atoms with Gasteiger partial charge in [-0.25, -0.2) is 9.37 Å². The molecule has 2 N–H and O–H groups in total. The van der Waals surface area contributed by atoms with E-state index in [1.807, 2.05) is 36.6 Å². The van der Waals surface area contributed by atoms with E-state index in [9.17, 15) is 14.0 Å². The van der Waals surface area contributed by atoms with Gasteiger partial charge in [-0.3, -0.25) is 14.5 Å². The number of carbonyl (C=O) groups is 1. The Morgan fingerprint density at radius 1 is 1.22 bits per heavy atom. The molecule has 0 aliphatic rings. The van der Waals surface area contributed by atoms with Crippen molar-refractivity contribution < 1.29 is 9.18 Å². The summed E-state index contributed by atoms with van der Waals surface area (Å²) >= 11 is 2.88. The van der Waals surface area contributed by atoms with Gasteiger partial charge < -0.3 is 10.3 Å². The van der Waals surface area contributed by atoms with Crippen molar-refractivity contribution in [2.24, 2.45) is 0 Å². The largest absolute Gasteiger partial charge is 0.324 e. The summed E-state index contributed by atoms with van der Waals surface area (Å²) in [5.41, 5.74) is 1.96. The number of aromatic nitrogens is 2. The highest BCUT2D eigenvalue weighted by atomic mass is 32.2. The number of amides is 1. The van der Waals surface area contributed by atoms with Gasteiger partial charge in [0.25, 0.3) is 5.56 Å². The molecule has 0 fully saturated rings. The third kappa shape index (κ3) is 5.07. The van der Waals surface area contributed by atoms with Crippen LogP contribution in [0.4, 0.5) is 10.1 Å². The van der Waals surface area contributed by atoms with E-state index in [-0.39, 0.29) is 23.8 Å². The summed E-state index contributed by atoms with van der Waals surface area (Å²) in [6.07, 6.45) is 1.96. The molecular formula is C23H21FN4O2S2. The number of thiophene rings is 1. The van der Waals surface area contributed by atoms with E-state index in [2.05, 4.69) is 15.3 Å². The fraction of sp³-hybridized carbons (Fsp3) is 0.174. The van der Waals surface area contributed by atoms with Gasteiger partial charge in [0.05, 0.1) is 24.3 Å². The van der Waals surface area contributed by atoms with Gasteiger partial charge in [-0.15, -0.1) is 23.1 Å². The summed E-state index contributed by atoms with van der Waals surface area (Å²) in [6, 6.07) is 15.6. The Morgan fingerprint density at radius 3 is 2.72 bits per heavy atom. The molecular weight excluding hydrogens is 447 g/mol. The second-order valence-corrected chi connectivity index (χ2v) is 9.17. The summed E-state index contributed by atoms with van der Waals surface area (Å²) in [6.45, 7) is 0.458. The van der Waals surface area contributed by atoms with E-state index in [0.717, 1.165) is 21.0 Å². The number of thioether (sulfide) groups is 1. The van der Waals surface area contributed by atoms with Crippen molar-refractivity contribution in [3.8, 4) is 10.4 Å². The van der Waals surface area contributed by atoms with Crippen molar-refractivity contribution in [2.75, 3.05) is 25.2 Å². The lowest BCUT2D eigenvalue weighted by molar-refractivity contribution is -0.117. The number of para-hydroxylation sites is 1. The Kier molecular flexibility index (Phi) is 6.69. The second kappa shape index (κ2) is 9.64. The molecule has 0 aliphatic heterocycles. The van der Waals surface area contributed by atoms with E-state index >= 15 is 0 Å². The number of carbonyl (C=O) groups excluding carboxylic acids is 1. The molecule has 164 valence electrons. The van der Waals surface area contributed by atoms with E-state index < -0.39 is 0 Å². The van der Waals surface area contributed by atoms with E-state index in [1.165, 1.54) is 23.5 Å². The van der Waals surface area contributed by atoms with Gasteiger partial charge in [-0.05, 0) is 49.2 Å². The molecule has 0 saturated heterocycles. The Labute approximate surface area is 192 Å². The van der Waals surface area contributed by atoms with E-state index in [0.29, 0.717) is 22.6 Å². The number of aromatic amines is 1. The van der Waals surface area contributed by atoms with Gasteiger partial charge in [0, 0.05) is 9.77 Å². The van der Waals surface area contributed by atoms with Crippen molar-refractivity contribution in [3.63, 3.8) is 0 Å².